The van der Waals surface area contributed by atoms with Crippen molar-refractivity contribution in [2.75, 3.05) is 13.2 Å². The van der Waals surface area contributed by atoms with Gasteiger partial charge in [0, 0.05) is 31.7 Å². The number of carbonyl (C=O) groups excluding carboxylic acids is 1. The molecule has 0 saturated heterocycles. The van der Waals surface area contributed by atoms with Gasteiger partial charge >= 0.3 is 0 Å². The minimum atomic E-state index is 0.225. The smallest absolute Gasteiger partial charge is 0.141 e. The monoisotopic (exact) mass is 252 g/mol. The summed E-state index contributed by atoms with van der Waals surface area (Å²) >= 11 is 0. The molecular formula is C14H24N2O2. The van der Waals surface area contributed by atoms with Crippen molar-refractivity contribution in [3.63, 3.8) is 0 Å². The molecular weight excluding hydrogens is 228 g/mol. The van der Waals surface area contributed by atoms with Crippen molar-refractivity contribution in [3.05, 3.63) is 17.5 Å². The topological polar surface area (TPSA) is 44.1 Å². The predicted octanol–water partition coefficient (Wildman–Crippen LogP) is 2.39. The molecule has 0 unspecified atom stereocenters. The fourth-order valence-electron chi connectivity index (χ4n) is 1.83. The molecule has 102 valence electrons. The Morgan fingerprint density at radius 3 is 2.72 bits per heavy atom. The number of hydrogen-bond acceptors (Lipinski definition) is 3. The maximum absolute atomic E-state index is 11.8. The van der Waals surface area contributed by atoms with Crippen LogP contribution in [-0.2, 0) is 28.9 Å². The van der Waals surface area contributed by atoms with Crippen LogP contribution in [0.5, 0.6) is 0 Å². The fraction of sp³-hybridized carbons (Fsp3) is 0.714. The number of ketones is 1. The number of Topliss-reactive ketones (excluding diaryl/α,β-unsaturated/α-hetero) is 1. The molecule has 0 N–H and O–H groups in total. The van der Waals surface area contributed by atoms with Crippen LogP contribution in [0.2, 0.25) is 0 Å². The third-order valence-electron chi connectivity index (χ3n) is 2.83. The van der Waals surface area contributed by atoms with E-state index in [1.54, 1.807) is 0 Å². The third-order valence-corrected chi connectivity index (χ3v) is 2.83. The minimum absolute atomic E-state index is 0.225. The van der Waals surface area contributed by atoms with Gasteiger partial charge < -0.3 is 4.74 Å². The highest BCUT2D eigenvalue weighted by atomic mass is 16.5. The highest BCUT2D eigenvalue weighted by Gasteiger charge is 2.10. The summed E-state index contributed by atoms with van der Waals surface area (Å²) < 4.78 is 7.25. The second kappa shape index (κ2) is 8.03. The van der Waals surface area contributed by atoms with Gasteiger partial charge in [0.05, 0.1) is 12.3 Å². The lowest BCUT2D eigenvalue weighted by Crippen LogP contribution is -2.11. The largest absolute Gasteiger partial charge is 0.381 e. The van der Waals surface area contributed by atoms with Crippen molar-refractivity contribution in [1.29, 1.82) is 0 Å². The summed E-state index contributed by atoms with van der Waals surface area (Å²) in [5.41, 5.74) is 2.08. The van der Waals surface area contributed by atoms with E-state index in [-0.39, 0.29) is 5.78 Å². The molecule has 0 aliphatic carbocycles. The van der Waals surface area contributed by atoms with Crippen LogP contribution in [0.3, 0.4) is 0 Å². The van der Waals surface area contributed by atoms with Crippen LogP contribution in [0.4, 0.5) is 0 Å². The lowest BCUT2D eigenvalue weighted by molar-refractivity contribution is -0.119. The van der Waals surface area contributed by atoms with Crippen molar-refractivity contribution in [1.82, 2.24) is 9.78 Å². The van der Waals surface area contributed by atoms with Gasteiger partial charge in [-0.3, -0.25) is 9.48 Å². The molecule has 4 nitrogen and oxygen atoms in total. The third kappa shape index (κ3) is 4.61. The Bertz CT molecular complexity index is 372. The fourth-order valence-corrected chi connectivity index (χ4v) is 1.83. The average Bonchev–Trinajstić information content (AvgIpc) is 2.77. The summed E-state index contributed by atoms with van der Waals surface area (Å²) in [6, 6.07) is 2.04. The normalized spacial score (nSPS) is 10.8. The van der Waals surface area contributed by atoms with Gasteiger partial charge in [0.1, 0.15) is 5.78 Å². The first-order chi connectivity index (χ1) is 8.71. The van der Waals surface area contributed by atoms with Gasteiger partial charge in [-0.25, -0.2) is 0 Å². The first kappa shape index (κ1) is 14.9. The Labute approximate surface area is 109 Å². The SMILES string of the molecule is CCCOCCC(=O)Cc1cc(CC)nn1CC. The predicted molar refractivity (Wildman–Crippen MR) is 71.7 cm³/mol. The van der Waals surface area contributed by atoms with Gasteiger partial charge in [-0.1, -0.05) is 13.8 Å². The van der Waals surface area contributed by atoms with E-state index in [1.165, 1.54) is 0 Å². The summed E-state index contributed by atoms with van der Waals surface area (Å²) in [4.78, 5) is 11.8. The quantitative estimate of drug-likeness (QED) is 0.634. The lowest BCUT2D eigenvalue weighted by atomic mass is 10.1. The molecule has 0 saturated carbocycles. The zero-order valence-corrected chi connectivity index (χ0v) is 11.7. The molecule has 0 aromatic carbocycles. The van der Waals surface area contributed by atoms with E-state index in [1.807, 2.05) is 17.7 Å². The molecule has 4 heteroatoms. The summed E-state index contributed by atoms with van der Waals surface area (Å²) in [5, 5.41) is 4.44. The Morgan fingerprint density at radius 1 is 1.33 bits per heavy atom. The molecule has 0 amide bonds. The van der Waals surface area contributed by atoms with E-state index in [2.05, 4.69) is 18.9 Å². The van der Waals surface area contributed by atoms with Gasteiger partial charge in [-0.2, -0.15) is 5.10 Å². The standard InChI is InChI=1S/C14H24N2O2/c1-4-8-18-9-7-14(17)11-13-10-12(5-2)15-16(13)6-3/h10H,4-9,11H2,1-3H3. The maximum atomic E-state index is 11.8. The van der Waals surface area contributed by atoms with Gasteiger partial charge in [0.2, 0.25) is 0 Å². The van der Waals surface area contributed by atoms with Crippen LogP contribution in [0.15, 0.2) is 6.07 Å². The lowest BCUT2D eigenvalue weighted by Gasteiger charge is -2.04. The number of rotatable bonds is 9. The minimum Gasteiger partial charge on any atom is -0.381 e. The van der Waals surface area contributed by atoms with Crippen LogP contribution < -0.4 is 0 Å². The molecule has 0 aliphatic rings. The molecule has 1 aromatic rings. The van der Waals surface area contributed by atoms with Crippen LogP contribution in [0.25, 0.3) is 0 Å². The molecule has 0 aliphatic heterocycles. The number of aryl methyl sites for hydroxylation is 2. The van der Waals surface area contributed by atoms with Gasteiger partial charge in [-0.05, 0) is 25.8 Å². The van der Waals surface area contributed by atoms with Crippen molar-refractivity contribution in [2.24, 2.45) is 0 Å². The summed E-state index contributed by atoms with van der Waals surface area (Å²) in [6.07, 6.45) is 2.87. The molecule has 1 rings (SSSR count). The Hall–Kier alpha value is -1.16. The second-order valence-corrected chi connectivity index (χ2v) is 4.37. The van der Waals surface area contributed by atoms with Crippen molar-refractivity contribution < 1.29 is 9.53 Å². The number of carbonyl (C=O) groups is 1. The van der Waals surface area contributed by atoms with Crippen molar-refractivity contribution in [3.8, 4) is 0 Å². The van der Waals surface area contributed by atoms with Gasteiger partial charge in [0.25, 0.3) is 0 Å². The highest BCUT2D eigenvalue weighted by Crippen LogP contribution is 2.08. The maximum Gasteiger partial charge on any atom is 0.141 e. The molecule has 0 fully saturated rings. The second-order valence-electron chi connectivity index (χ2n) is 4.37. The summed E-state index contributed by atoms with van der Waals surface area (Å²) in [5.74, 6) is 0.225. The number of hydrogen-bond donors (Lipinski definition) is 0. The van der Waals surface area contributed by atoms with Crippen LogP contribution >= 0.6 is 0 Å². The van der Waals surface area contributed by atoms with E-state index < -0.39 is 0 Å². The van der Waals surface area contributed by atoms with E-state index in [0.29, 0.717) is 19.4 Å². The molecule has 1 heterocycles. The van der Waals surface area contributed by atoms with Crippen molar-refractivity contribution in [2.45, 2.75) is 53.0 Å². The van der Waals surface area contributed by atoms with Crippen LogP contribution in [0, 0.1) is 0 Å². The van der Waals surface area contributed by atoms with E-state index in [0.717, 1.165) is 37.4 Å². The Morgan fingerprint density at radius 2 is 2.11 bits per heavy atom. The Kier molecular flexibility index (Phi) is 6.65. The first-order valence-corrected chi connectivity index (χ1v) is 6.86. The van der Waals surface area contributed by atoms with Gasteiger partial charge in [-0.15, -0.1) is 0 Å². The molecule has 0 atom stereocenters. The molecule has 1 aromatic heterocycles. The van der Waals surface area contributed by atoms with E-state index in [4.69, 9.17) is 4.74 Å². The first-order valence-electron chi connectivity index (χ1n) is 6.86. The average molecular weight is 252 g/mol. The van der Waals surface area contributed by atoms with E-state index >= 15 is 0 Å². The summed E-state index contributed by atoms with van der Waals surface area (Å²) in [6.45, 7) is 8.27. The number of nitrogens with zero attached hydrogens (tertiary/aromatic N) is 2. The molecule has 0 radical (unpaired) electrons. The van der Waals surface area contributed by atoms with Crippen molar-refractivity contribution >= 4 is 5.78 Å². The molecule has 0 bridgehead atoms. The molecule has 0 spiro atoms. The zero-order valence-electron chi connectivity index (χ0n) is 11.7. The van der Waals surface area contributed by atoms with Crippen LogP contribution in [-0.4, -0.2) is 28.8 Å². The van der Waals surface area contributed by atoms with Crippen LogP contribution in [0.1, 0.15) is 45.0 Å². The zero-order chi connectivity index (χ0) is 13.4. The van der Waals surface area contributed by atoms with E-state index in [9.17, 15) is 4.79 Å². The Balaban J connectivity index is 2.45. The number of ether oxygens (including phenoxy) is 1. The highest BCUT2D eigenvalue weighted by molar-refractivity contribution is 5.80. The molecule has 18 heavy (non-hydrogen) atoms. The number of aromatic nitrogens is 2. The van der Waals surface area contributed by atoms with Gasteiger partial charge in [0.15, 0.2) is 0 Å². The summed E-state index contributed by atoms with van der Waals surface area (Å²) in [7, 11) is 0.